The van der Waals surface area contributed by atoms with Gasteiger partial charge in [-0.05, 0) is 36.8 Å². The van der Waals surface area contributed by atoms with Crippen molar-refractivity contribution < 1.29 is 9.47 Å². The summed E-state index contributed by atoms with van der Waals surface area (Å²) in [4.78, 5) is 4.48. The molecule has 3 heterocycles. The Bertz CT molecular complexity index is 1390. The third-order valence-electron chi connectivity index (χ3n) is 6.19. The van der Waals surface area contributed by atoms with Crippen LogP contribution >= 0.6 is 11.6 Å². The van der Waals surface area contributed by atoms with E-state index >= 15 is 0 Å². The molecule has 0 bridgehead atoms. The zero-order valence-corrected chi connectivity index (χ0v) is 18.9. The lowest BCUT2D eigenvalue weighted by Gasteiger charge is -2.39. The summed E-state index contributed by atoms with van der Waals surface area (Å²) in [6.45, 7) is 2.08. The number of fused-ring (bicyclic) bond motifs is 3. The van der Waals surface area contributed by atoms with Crippen molar-refractivity contribution >= 4 is 23.2 Å². The fourth-order valence-corrected chi connectivity index (χ4v) is 4.82. The summed E-state index contributed by atoms with van der Waals surface area (Å²) >= 11 is 6.40. The number of benzene rings is 3. The summed E-state index contributed by atoms with van der Waals surface area (Å²) in [5, 5.41) is 8.71. The number of rotatable bonds is 3. The predicted molar refractivity (Wildman–Crippen MR) is 128 cm³/mol. The van der Waals surface area contributed by atoms with Gasteiger partial charge in [-0.15, -0.1) is 0 Å². The lowest BCUT2D eigenvalue weighted by molar-refractivity contribution is 0.217. The van der Waals surface area contributed by atoms with Crippen molar-refractivity contribution in [1.82, 2.24) is 14.8 Å². The molecule has 0 spiro atoms. The zero-order chi connectivity index (χ0) is 22.5. The van der Waals surface area contributed by atoms with Gasteiger partial charge in [0, 0.05) is 21.7 Å². The van der Waals surface area contributed by atoms with Crippen molar-refractivity contribution in [3.63, 3.8) is 0 Å². The van der Waals surface area contributed by atoms with Crippen molar-refractivity contribution in [2.24, 2.45) is 0 Å². The number of nitrogens with zero attached hydrogens (tertiary/aromatic N) is 3. The van der Waals surface area contributed by atoms with E-state index in [4.69, 9.17) is 21.1 Å². The summed E-state index contributed by atoms with van der Waals surface area (Å²) in [5.41, 5.74) is 6.08. The number of halogens is 1. The largest absolute Gasteiger partial charge is 0.496 e. The van der Waals surface area contributed by atoms with Crippen LogP contribution in [0.5, 0.6) is 11.5 Å². The number of hydrogen-bond donors (Lipinski definition) is 1. The van der Waals surface area contributed by atoms with E-state index < -0.39 is 6.10 Å². The molecule has 2 aliphatic heterocycles. The Morgan fingerprint density at radius 2 is 1.88 bits per heavy atom. The number of methoxy groups -OCH3 is 1. The van der Waals surface area contributed by atoms with Gasteiger partial charge in [0.1, 0.15) is 23.9 Å². The number of para-hydroxylation sites is 1. The van der Waals surface area contributed by atoms with E-state index in [2.05, 4.69) is 46.6 Å². The number of nitrogens with one attached hydrogen (secondary N) is 1. The summed E-state index contributed by atoms with van der Waals surface area (Å²) in [6, 6.07) is 21.9. The average molecular weight is 457 g/mol. The quantitative estimate of drug-likeness (QED) is 0.421. The Balaban J connectivity index is 1.65. The van der Waals surface area contributed by atoms with Gasteiger partial charge in [-0.25, -0.2) is 4.68 Å². The van der Waals surface area contributed by atoms with Gasteiger partial charge in [0.15, 0.2) is 6.10 Å². The van der Waals surface area contributed by atoms with Crippen molar-refractivity contribution in [1.29, 1.82) is 0 Å². The first-order chi connectivity index (χ1) is 16.1. The molecule has 0 unspecified atom stereocenters. The molecule has 0 radical (unpaired) electrons. The topological polar surface area (TPSA) is 61.2 Å². The van der Waals surface area contributed by atoms with E-state index in [-0.39, 0.29) is 6.04 Å². The van der Waals surface area contributed by atoms with Gasteiger partial charge in [-0.3, -0.25) is 0 Å². The second-order valence-electron chi connectivity index (χ2n) is 8.18. The highest BCUT2D eigenvalue weighted by Crippen LogP contribution is 2.52. The van der Waals surface area contributed by atoms with Gasteiger partial charge >= 0.3 is 0 Å². The molecule has 7 heteroatoms. The van der Waals surface area contributed by atoms with Crippen LogP contribution < -0.4 is 14.8 Å². The SMILES string of the molecule is COc1ccccc1[C@H]1Oc2ccc(Cl)cc2C2=C1[C@@H](c1ccc(C)cc1)n1ncnc1N2. The molecular formula is C26H21ClN4O2. The molecule has 0 amide bonds. The molecule has 4 aromatic rings. The predicted octanol–water partition coefficient (Wildman–Crippen LogP) is 5.81. The zero-order valence-electron chi connectivity index (χ0n) is 18.1. The van der Waals surface area contributed by atoms with Crippen LogP contribution in [0.2, 0.25) is 5.02 Å². The van der Waals surface area contributed by atoms with Crippen molar-refractivity contribution in [2.75, 3.05) is 12.4 Å². The molecule has 6 nitrogen and oxygen atoms in total. The fourth-order valence-electron chi connectivity index (χ4n) is 4.65. The van der Waals surface area contributed by atoms with E-state index in [1.807, 2.05) is 47.1 Å². The highest BCUT2D eigenvalue weighted by molar-refractivity contribution is 6.30. The van der Waals surface area contributed by atoms with Gasteiger partial charge in [0.2, 0.25) is 5.95 Å². The first kappa shape index (κ1) is 19.9. The van der Waals surface area contributed by atoms with Crippen molar-refractivity contribution in [3.8, 4) is 11.5 Å². The van der Waals surface area contributed by atoms with Crippen LogP contribution in [0.4, 0.5) is 5.95 Å². The highest BCUT2D eigenvalue weighted by Gasteiger charge is 2.41. The third-order valence-corrected chi connectivity index (χ3v) is 6.43. The maximum absolute atomic E-state index is 6.65. The number of aryl methyl sites for hydroxylation is 1. The van der Waals surface area contributed by atoms with Crippen molar-refractivity contribution in [2.45, 2.75) is 19.1 Å². The minimum absolute atomic E-state index is 0.221. The fraction of sp³-hybridized carbons (Fsp3) is 0.154. The molecule has 0 saturated carbocycles. The minimum atomic E-state index is -0.402. The van der Waals surface area contributed by atoms with Crippen LogP contribution in [0, 0.1) is 6.92 Å². The third kappa shape index (κ3) is 3.17. The lowest BCUT2D eigenvalue weighted by atomic mass is 9.84. The molecule has 1 aromatic heterocycles. The molecule has 3 aromatic carbocycles. The van der Waals surface area contributed by atoms with Gasteiger partial charge < -0.3 is 14.8 Å². The van der Waals surface area contributed by atoms with Gasteiger partial charge in [-0.1, -0.05) is 59.6 Å². The number of hydrogen-bond acceptors (Lipinski definition) is 5. The summed E-state index contributed by atoms with van der Waals surface area (Å²) in [5.74, 6) is 2.18. The van der Waals surface area contributed by atoms with Crippen LogP contribution in [0.3, 0.4) is 0 Å². The Labute approximate surface area is 196 Å². The molecule has 164 valence electrons. The van der Waals surface area contributed by atoms with Crippen molar-refractivity contribution in [3.05, 3.63) is 106 Å². The first-order valence-electron chi connectivity index (χ1n) is 10.7. The molecule has 6 rings (SSSR count). The molecule has 1 N–H and O–H groups in total. The Morgan fingerprint density at radius 3 is 2.70 bits per heavy atom. The molecule has 0 fully saturated rings. The van der Waals surface area contributed by atoms with E-state index in [0.717, 1.165) is 39.5 Å². The second kappa shape index (κ2) is 7.67. The normalized spacial score (nSPS) is 18.5. The summed E-state index contributed by atoms with van der Waals surface area (Å²) in [7, 11) is 1.68. The number of aromatic nitrogens is 3. The van der Waals surface area contributed by atoms with Gasteiger partial charge in [-0.2, -0.15) is 10.1 Å². The van der Waals surface area contributed by atoms with Crippen LogP contribution in [-0.2, 0) is 0 Å². The van der Waals surface area contributed by atoms with Crippen LogP contribution in [0.1, 0.15) is 34.4 Å². The van der Waals surface area contributed by atoms with Crippen LogP contribution in [0.25, 0.3) is 5.70 Å². The van der Waals surface area contributed by atoms with E-state index in [1.165, 1.54) is 5.56 Å². The lowest BCUT2D eigenvalue weighted by Crippen LogP contribution is -2.32. The number of anilines is 1. The maximum Gasteiger partial charge on any atom is 0.226 e. The molecule has 2 atom stereocenters. The van der Waals surface area contributed by atoms with Crippen LogP contribution in [0.15, 0.2) is 78.6 Å². The molecule has 0 saturated heterocycles. The smallest absolute Gasteiger partial charge is 0.226 e. The molecule has 33 heavy (non-hydrogen) atoms. The van der Waals surface area contributed by atoms with E-state index in [0.29, 0.717) is 11.0 Å². The molecule has 0 aliphatic carbocycles. The van der Waals surface area contributed by atoms with Gasteiger partial charge in [0.25, 0.3) is 0 Å². The first-order valence-corrected chi connectivity index (χ1v) is 11.1. The average Bonchev–Trinajstić information content (AvgIpc) is 3.31. The number of ether oxygens (including phenoxy) is 2. The molecule has 2 aliphatic rings. The molecular weight excluding hydrogens is 436 g/mol. The standard InChI is InChI=1S/C26H21ClN4O2/c1-15-7-9-16(10-8-15)24-22-23(30-26-28-14-29-31(24)26)19-13-17(27)11-12-21(19)33-25(22)18-5-3-4-6-20(18)32-2/h3-14,24-25H,1-2H3,(H,28,29,30)/t24-,25-/m1/s1. The van der Waals surface area contributed by atoms with Gasteiger partial charge in [0.05, 0.1) is 12.8 Å². The minimum Gasteiger partial charge on any atom is -0.496 e. The Kier molecular flexibility index (Phi) is 4.62. The second-order valence-corrected chi connectivity index (χ2v) is 8.61. The van der Waals surface area contributed by atoms with E-state index in [1.54, 1.807) is 13.4 Å². The summed E-state index contributed by atoms with van der Waals surface area (Å²) < 4.78 is 14.3. The summed E-state index contributed by atoms with van der Waals surface area (Å²) in [6.07, 6.45) is 1.17. The van der Waals surface area contributed by atoms with E-state index in [9.17, 15) is 0 Å². The Hall–Kier alpha value is -3.77. The highest BCUT2D eigenvalue weighted by atomic mass is 35.5. The monoisotopic (exact) mass is 456 g/mol. The van der Waals surface area contributed by atoms with Crippen LogP contribution in [-0.4, -0.2) is 21.9 Å². The maximum atomic E-state index is 6.65. The Morgan fingerprint density at radius 1 is 1.06 bits per heavy atom.